The van der Waals surface area contributed by atoms with Crippen molar-refractivity contribution in [2.24, 2.45) is 17.6 Å². The van der Waals surface area contributed by atoms with Crippen molar-refractivity contribution in [1.82, 2.24) is 0 Å². The van der Waals surface area contributed by atoms with E-state index in [1.165, 1.54) is 0 Å². The molecule has 0 saturated carbocycles. The fraction of sp³-hybridized carbons (Fsp3) is 0.480. The van der Waals surface area contributed by atoms with Crippen molar-refractivity contribution >= 4 is 25.6 Å². The van der Waals surface area contributed by atoms with Gasteiger partial charge in [-0.15, -0.1) is 0 Å². The number of ether oxygens (including phenoxy) is 2. The predicted octanol–water partition coefficient (Wildman–Crippen LogP) is 3.49. The van der Waals surface area contributed by atoms with Gasteiger partial charge in [-0.2, -0.15) is 13.2 Å². The standard InChI is InChI=1S/C25H28F5NO7S2/c1-3-4-16(6-5-15(2)25(28,29)30)40(35,36)24-10-11-37-20(9-12-39(33,34)14-21(31)32)17(24)13-38-23-19(27)8-7-18(26)22(23)24/h3-8,15,17,20H,1,9-14H2,2H3,(H2,31,32)/b6-5-,16-4+/t15?,17-,20?,24?/m0/s1. The molecule has 1 amide bonds. The zero-order valence-corrected chi connectivity index (χ0v) is 22.9. The number of amides is 1. The number of nitrogens with two attached hydrogens (primary N) is 1. The molecule has 0 spiro atoms. The number of hydrogen-bond donors (Lipinski definition) is 1. The molecule has 3 rings (SSSR count). The highest BCUT2D eigenvalue weighted by Gasteiger charge is 2.61. The number of rotatable bonds is 10. The van der Waals surface area contributed by atoms with Crippen molar-refractivity contribution in [3.63, 3.8) is 0 Å². The molecular formula is C25H28F5NO7S2. The molecule has 0 bridgehead atoms. The van der Waals surface area contributed by atoms with Crippen LogP contribution >= 0.6 is 0 Å². The van der Waals surface area contributed by atoms with Gasteiger partial charge in [0.15, 0.2) is 31.2 Å². The average molecular weight is 614 g/mol. The van der Waals surface area contributed by atoms with E-state index < -0.39 is 107 Å². The topological polar surface area (TPSA) is 130 Å². The fourth-order valence-electron chi connectivity index (χ4n) is 5.00. The Balaban J connectivity index is 2.21. The molecule has 2 N–H and O–H groups in total. The predicted molar refractivity (Wildman–Crippen MR) is 135 cm³/mol. The third kappa shape index (κ3) is 6.10. The van der Waals surface area contributed by atoms with Crippen LogP contribution in [0.3, 0.4) is 0 Å². The summed E-state index contributed by atoms with van der Waals surface area (Å²) < 4.78 is 132. The van der Waals surface area contributed by atoms with E-state index >= 15 is 4.39 Å². The molecule has 2 heterocycles. The number of alkyl halides is 3. The van der Waals surface area contributed by atoms with Gasteiger partial charge in [-0.25, -0.2) is 25.6 Å². The summed E-state index contributed by atoms with van der Waals surface area (Å²) in [6.07, 6.45) is -3.37. The van der Waals surface area contributed by atoms with Gasteiger partial charge in [-0.05, 0) is 37.1 Å². The summed E-state index contributed by atoms with van der Waals surface area (Å²) in [5.74, 6) is -8.96. The van der Waals surface area contributed by atoms with Crippen LogP contribution in [0.4, 0.5) is 22.0 Å². The first kappa shape index (κ1) is 31.7. The Morgan fingerprint density at radius 1 is 1.23 bits per heavy atom. The smallest absolute Gasteiger partial charge is 0.394 e. The van der Waals surface area contributed by atoms with Crippen LogP contribution in [0.25, 0.3) is 0 Å². The largest absolute Gasteiger partial charge is 0.490 e. The van der Waals surface area contributed by atoms with E-state index in [9.17, 15) is 39.2 Å². The SMILES string of the molecule is C=C/C=C(\C=C/C(C)C(F)(F)F)S(=O)(=O)C12CCOC(CCS(=O)(=O)CC(N)=O)[C@@H]1COc1c(F)ccc(F)c12. The molecule has 2 aliphatic heterocycles. The molecule has 2 aliphatic rings. The second kappa shape index (κ2) is 11.6. The van der Waals surface area contributed by atoms with Gasteiger partial charge in [-0.3, -0.25) is 4.79 Å². The third-order valence-electron chi connectivity index (χ3n) is 6.96. The number of carbonyl (C=O) groups is 1. The van der Waals surface area contributed by atoms with E-state index in [1.807, 2.05) is 0 Å². The lowest BCUT2D eigenvalue weighted by molar-refractivity contribution is -0.156. The first-order valence-electron chi connectivity index (χ1n) is 12.0. The summed E-state index contributed by atoms with van der Waals surface area (Å²) in [5.41, 5.74) is 4.31. The summed E-state index contributed by atoms with van der Waals surface area (Å²) in [7, 11) is -8.89. The van der Waals surface area contributed by atoms with E-state index in [0.717, 1.165) is 31.2 Å². The normalized spacial score (nSPS) is 24.6. The zero-order valence-electron chi connectivity index (χ0n) is 21.3. The summed E-state index contributed by atoms with van der Waals surface area (Å²) >= 11 is 0. The van der Waals surface area contributed by atoms with Crippen LogP contribution in [0, 0.1) is 23.5 Å². The Morgan fingerprint density at radius 3 is 2.48 bits per heavy atom. The van der Waals surface area contributed by atoms with Crippen molar-refractivity contribution in [1.29, 1.82) is 0 Å². The lowest BCUT2D eigenvalue weighted by atomic mass is 9.75. The maximum atomic E-state index is 15.5. The quantitative estimate of drug-likeness (QED) is 0.316. The summed E-state index contributed by atoms with van der Waals surface area (Å²) in [6.45, 7) is 3.34. The van der Waals surface area contributed by atoms with Crippen LogP contribution in [0.2, 0.25) is 0 Å². The molecule has 4 atom stereocenters. The summed E-state index contributed by atoms with van der Waals surface area (Å²) in [5, 5.41) is 0. The minimum atomic E-state index is -4.86. The highest BCUT2D eigenvalue weighted by Crippen LogP contribution is 2.56. The second-order valence-corrected chi connectivity index (χ2v) is 13.9. The lowest BCUT2D eigenvalue weighted by Crippen LogP contribution is -2.58. The molecule has 0 radical (unpaired) electrons. The number of carbonyl (C=O) groups excluding carboxylic acids is 1. The maximum Gasteiger partial charge on any atom is 0.394 e. The second-order valence-electron chi connectivity index (χ2n) is 9.54. The first-order chi connectivity index (χ1) is 18.5. The van der Waals surface area contributed by atoms with Crippen molar-refractivity contribution < 1.29 is 53.1 Å². The summed E-state index contributed by atoms with van der Waals surface area (Å²) in [4.78, 5) is 10.5. The molecule has 1 aromatic carbocycles. The van der Waals surface area contributed by atoms with Crippen LogP contribution in [0.15, 0.2) is 47.9 Å². The zero-order chi connectivity index (χ0) is 30.1. The van der Waals surface area contributed by atoms with Crippen LogP contribution in [0.1, 0.15) is 25.3 Å². The highest BCUT2D eigenvalue weighted by molar-refractivity contribution is 7.96. The van der Waals surface area contributed by atoms with Gasteiger partial charge in [0.05, 0.1) is 34.9 Å². The molecule has 8 nitrogen and oxygen atoms in total. The molecule has 15 heteroatoms. The minimum Gasteiger partial charge on any atom is -0.490 e. The molecule has 0 aliphatic carbocycles. The number of benzene rings is 1. The third-order valence-corrected chi connectivity index (χ3v) is 11.1. The van der Waals surface area contributed by atoms with Gasteiger partial charge in [-0.1, -0.05) is 25.7 Å². The molecule has 1 fully saturated rings. The van der Waals surface area contributed by atoms with E-state index in [4.69, 9.17) is 15.2 Å². The van der Waals surface area contributed by atoms with Crippen LogP contribution < -0.4 is 10.5 Å². The van der Waals surface area contributed by atoms with Gasteiger partial charge in [0.1, 0.15) is 16.3 Å². The van der Waals surface area contributed by atoms with Crippen LogP contribution in [-0.4, -0.2) is 59.7 Å². The van der Waals surface area contributed by atoms with Gasteiger partial charge in [0, 0.05) is 12.5 Å². The number of hydrogen-bond acceptors (Lipinski definition) is 7. The number of fused-ring (bicyclic) bond motifs is 3. The molecule has 40 heavy (non-hydrogen) atoms. The molecule has 1 saturated heterocycles. The Kier molecular flexibility index (Phi) is 9.21. The number of sulfone groups is 2. The molecule has 1 aromatic rings. The van der Waals surface area contributed by atoms with Gasteiger partial charge in [0.2, 0.25) is 5.91 Å². The first-order valence-corrected chi connectivity index (χ1v) is 15.3. The van der Waals surface area contributed by atoms with Crippen molar-refractivity contribution in [2.75, 3.05) is 24.7 Å². The number of allylic oxidation sites excluding steroid dienone is 4. The fourth-order valence-corrected chi connectivity index (χ4v) is 8.56. The van der Waals surface area contributed by atoms with Gasteiger partial charge in [0.25, 0.3) is 0 Å². The summed E-state index contributed by atoms with van der Waals surface area (Å²) in [6, 6.07) is 1.45. The lowest BCUT2D eigenvalue weighted by Gasteiger charge is -2.50. The maximum absolute atomic E-state index is 15.5. The van der Waals surface area contributed by atoms with Crippen molar-refractivity contribution in [3.8, 4) is 5.75 Å². The minimum absolute atomic E-state index is 0.351. The van der Waals surface area contributed by atoms with E-state index in [1.54, 1.807) is 0 Å². The van der Waals surface area contributed by atoms with Crippen LogP contribution in [-0.2, 0) is 34.0 Å². The van der Waals surface area contributed by atoms with Gasteiger partial charge >= 0.3 is 6.18 Å². The molecule has 3 unspecified atom stereocenters. The van der Waals surface area contributed by atoms with E-state index in [2.05, 4.69) is 6.58 Å². The Labute approximate surface area is 228 Å². The Hall–Kier alpha value is -2.78. The molecule has 222 valence electrons. The van der Waals surface area contributed by atoms with Gasteiger partial charge < -0.3 is 15.2 Å². The molecular weight excluding hydrogens is 585 g/mol. The van der Waals surface area contributed by atoms with Crippen molar-refractivity contribution in [2.45, 2.75) is 36.8 Å². The Morgan fingerprint density at radius 2 is 1.88 bits per heavy atom. The highest BCUT2D eigenvalue weighted by atomic mass is 32.2. The number of halogens is 5. The van der Waals surface area contributed by atoms with Crippen LogP contribution in [0.5, 0.6) is 5.75 Å². The monoisotopic (exact) mass is 613 g/mol. The number of primary amides is 1. The Bertz CT molecular complexity index is 1440. The molecule has 0 aromatic heterocycles. The van der Waals surface area contributed by atoms with E-state index in [-0.39, 0.29) is 13.0 Å². The van der Waals surface area contributed by atoms with E-state index in [0.29, 0.717) is 12.1 Å². The average Bonchev–Trinajstić information content (AvgIpc) is 2.85. The van der Waals surface area contributed by atoms with Crippen molar-refractivity contribution in [3.05, 3.63) is 65.1 Å².